The topological polar surface area (TPSA) is 100 Å². The predicted molar refractivity (Wildman–Crippen MR) is 115 cm³/mol. The number of fused-ring (bicyclic) bond motifs is 1. The number of nitrogen functional groups attached to an aromatic ring is 1. The van der Waals surface area contributed by atoms with E-state index in [1.165, 1.54) is 0 Å². The third-order valence-electron chi connectivity index (χ3n) is 4.48. The zero-order valence-electron chi connectivity index (χ0n) is 15.4. The number of benzene rings is 4. The van der Waals surface area contributed by atoms with Crippen LogP contribution in [0.2, 0.25) is 0 Å². The first kappa shape index (κ1) is 18.2. The van der Waals surface area contributed by atoms with Crippen LogP contribution in [0.1, 0.15) is 10.4 Å². The van der Waals surface area contributed by atoms with Crippen molar-refractivity contribution in [1.29, 1.82) is 0 Å². The molecule has 0 spiro atoms. The fourth-order valence-corrected chi connectivity index (χ4v) is 2.98. The summed E-state index contributed by atoms with van der Waals surface area (Å²) >= 11 is 0. The molecule has 0 saturated heterocycles. The van der Waals surface area contributed by atoms with Gasteiger partial charge >= 0.3 is 0 Å². The number of rotatable bonds is 4. The molecule has 142 valence electrons. The van der Waals surface area contributed by atoms with Crippen molar-refractivity contribution in [2.45, 2.75) is 0 Å². The Balaban J connectivity index is 1.52. The lowest BCUT2D eigenvalue weighted by Crippen LogP contribution is -2.11. The molecule has 4 rings (SSSR count). The first-order valence-corrected chi connectivity index (χ1v) is 9.00. The second kappa shape index (κ2) is 7.82. The molecule has 0 fully saturated rings. The van der Waals surface area contributed by atoms with Crippen LogP contribution in [0.3, 0.4) is 0 Å². The molecule has 0 bridgehead atoms. The SMILES string of the molecule is Nc1c(N=Nc2ccc(C(=O)Nc3ccccc3)cc2)ccc2cccc(O)c12. The summed E-state index contributed by atoms with van der Waals surface area (Å²) in [5, 5.41) is 22.7. The minimum atomic E-state index is -0.200. The van der Waals surface area contributed by atoms with Crippen molar-refractivity contribution >= 4 is 39.4 Å². The molecule has 0 aliphatic carbocycles. The van der Waals surface area contributed by atoms with Gasteiger partial charge in [0.2, 0.25) is 0 Å². The van der Waals surface area contributed by atoms with Crippen molar-refractivity contribution in [1.82, 2.24) is 0 Å². The number of aromatic hydroxyl groups is 1. The van der Waals surface area contributed by atoms with E-state index in [0.29, 0.717) is 28.0 Å². The number of carbonyl (C=O) groups excluding carboxylic acids is 1. The molecule has 4 N–H and O–H groups in total. The summed E-state index contributed by atoms with van der Waals surface area (Å²) < 4.78 is 0. The highest BCUT2D eigenvalue weighted by Gasteiger charge is 2.08. The van der Waals surface area contributed by atoms with E-state index in [-0.39, 0.29) is 11.7 Å². The number of phenols is 1. The Morgan fingerprint density at radius 3 is 2.34 bits per heavy atom. The minimum absolute atomic E-state index is 0.103. The van der Waals surface area contributed by atoms with Crippen molar-refractivity contribution in [3.8, 4) is 5.75 Å². The summed E-state index contributed by atoms with van der Waals surface area (Å²) in [6.45, 7) is 0. The van der Waals surface area contributed by atoms with Gasteiger partial charge in [0.05, 0.1) is 11.4 Å². The molecule has 6 nitrogen and oxygen atoms in total. The molecule has 4 aromatic carbocycles. The van der Waals surface area contributed by atoms with Gasteiger partial charge in [-0.25, -0.2) is 0 Å². The Labute approximate surface area is 167 Å². The highest BCUT2D eigenvalue weighted by Crippen LogP contribution is 2.36. The number of hydrogen-bond acceptors (Lipinski definition) is 5. The van der Waals surface area contributed by atoms with E-state index in [0.717, 1.165) is 11.1 Å². The van der Waals surface area contributed by atoms with E-state index in [1.54, 1.807) is 42.5 Å². The summed E-state index contributed by atoms with van der Waals surface area (Å²) in [5.41, 5.74) is 8.81. The Morgan fingerprint density at radius 1 is 0.828 bits per heavy atom. The van der Waals surface area contributed by atoms with Crippen LogP contribution in [-0.2, 0) is 0 Å². The van der Waals surface area contributed by atoms with Crippen LogP contribution in [0.25, 0.3) is 10.8 Å². The molecule has 29 heavy (non-hydrogen) atoms. The molecule has 0 atom stereocenters. The van der Waals surface area contributed by atoms with Crippen LogP contribution in [0, 0.1) is 0 Å². The zero-order chi connectivity index (χ0) is 20.2. The lowest BCUT2D eigenvalue weighted by atomic mass is 10.1. The number of nitrogens with one attached hydrogen (secondary N) is 1. The number of anilines is 2. The van der Waals surface area contributed by atoms with Gasteiger partial charge in [0.15, 0.2) is 0 Å². The molecule has 0 aromatic heterocycles. The van der Waals surface area contributed by atoms with Crippen LogP contribution in [0.5, 0.6) is 5.75 Å². The van der Waals surface area contributed by atoms with Crippen LogP contribution in [0.4, 0.5) is 22.7 Å². The Bertz CT molecular complexity index is 1200. The van der Waals surface area contributed by atoms with Crippen LogP contribution >= 0.6 is 0 Å². The van der Waals surface area contributed by atoms with Crippen molar-refractivity contribution in [2.24, 2.45) is 10.2 Å². The Hall–Kier alpha value is -4.19. The monoisotopic (exact) mass is 382 g/mol. The number of para-hydroxylation sites is 1. The van der Waals surface area contributed by atoms with E-state index in [4.69, 9.17) is 5.73 Å². The van der Waals surface area contributed by atoms with Crippen LogP contribution < -0.4 is 11.1 Å². The van der Waals surface area contributed by atoms with Gasteiger partial charge in [-0.15, -0.1) is 5.11 Å². The lowest BCUT2D eigenvalue weighted by molar-refractivity contribution is 0.102. The molecule has 0 aliphatic rings. The molecule has 0 saturated carbocycles. The number of hydrogen-bond donors (Lipinski definition) is 3. The molecular formula is C23H18N4O2. The number of amides is 1. The standard InChI is InChI=1S/C23H18N4O2/c24-22-19(14-11-15-5-4-8-20(28)21(15)22)27-26-18-12-9-16(10-13-18)23(29)25-17-6-2-1-3-7-17/h1-14,28H,24H2,(H,25,29). The molecule has 0 unspecified atom stereocenters. The Morgan fingerprint density at radius 2 is 1.59 bits per heavy atom. The number of carbonyl (C=O) groups is 1. The summed E-state index contributed by atoms with van der Waals surface area (Å²) in [5.74, 6) is -0.0974. The third kappa shape index (κ3) is 3.91. The van der Waals surface area contributed by atoms with Gasteiger partial charge in [-0.3, -0.25) is 4.79 Å². The van der Waals surface area contributed by atoms with E-state index >= 15 is 0 Å². The Kier molecular flexibility index (Phi) is 4.90. The minimum Gasteiger partial charge on any atom is -0.507 e. The summed E-state index contributed by atoms with van der Waals surface area (Å²) in [6.07, 6.45) is 0. The molecule has 0 radical (unpaired) electrons. The van der Waals surface area contributed by atoms with Gasteiger partial charge in [0.25, 0.3) is 5.91 Å². The zero-order valence-corrected chi connectivity index (χ0v) is 15.4. The van der Waals surface area contributed by atoms with Crippen LogP contribution in [-0.4, -0.2) is 11.0 Å². The highest BCUT2D eigenvalue weighted by molar-refractivity contribution is 6.04. The van der Waals surface area contributed by atoms with Gasteiger partial charge in [0, 0.05) is 16.6 Å². The van der Waals surface area contributed by atoms with Gasteiger partial charge in [0.1, 0.15) is 11.4 Å². The maximum absolute atomic E-state index is 12.3. The van der Waals surface area contributed by atoms with E-state index in [1.807, 2.05) is 42.5 Å². The smallest absolute Gasteiger partial charge is 0.255 e. The first-order valence-electron chi connectivity index (χ1n) is 9.00. The van der Waals surface area contributed by atoms with E-state index < -0.39 is 0 Å². The van der Waals surface area contributed by atoms with Crippen molar-refractivity contribution in [3.05, 3.63) is 90.5 Å². The quantitative estimate of drug-likeness (QED) is 0.307. The molecule has 0 aliphatic heterocycles. The number of nitrogens with zero attached hydrogens (tertiary/aromatic N) is 2. The fraction of sp³-hybridized carbons (Fsp3) is 0. The number of phenolic OH excluding ortho intramolecular Hbond substituents is 1. The van der Waals surface area contributed by atoms with Gasteiger partial charge in [-0.05, 0) is 53.9 Å². The number of nitrogens with two attached hydrogens (primary N) is 1. The van der Waals surface area contributed by atoms with E-state index in [9.17, 15) is 9.90 Å². The molecule has 6 heteroatoms. The van der Waals surface area contributed by atoms with Gasteiger partial charge < -0.3 is 16.2 Å². The maximum atomic E-state index is 12.3. The second-order valence-electron chi connectivity index (χ2n) is 6.44. The summed E-state index contributed by atoms with van der Waals surface area (Å²) in [7, 11) is 0. The fourth-order valence-electron chi connectivity index (χ4n) is 2.98. The third-order valence-corrected chi connectivity index (χ3v) is 4.48. The molecule has 0 heterocycles. The summed E-state index contributed by atoms with van der Waals surface area (Å²) in [6, 6.07) is 24.8. The predicted octanol–water partition coefficient (Wildman–Crippen LogP) is 5.80. The second-order valence-corrected chi connectivity index (χ2v) is 6.44. The highest BCUT2D eigenvalue weighted by atomic mass is 16.3. The molecule has 1 amide bonds. The normalized spacial score (nSPS) is 11.0. The molecular weight excluding hydrogens is 364 g/mol. The van der Waals surface area contributed by atoms with E-state index in [2.05, 4.69) is 15.5 Å². The maximum Gasteiger partial charge on any atom is 0.255 e. The largest absolute Gasteiger partial charge is 0.507 e. The van der Waals surface area contributed by atoms with Crippen LogP contribution in [0.15, 0.2) is 95.2 Å². The lowest BCUT2D eigenvalue weighted by Gasteiger charge is -2.07. The van der Waals surface area contributed by atoms with Crippen molar-refractivity contribution in [3.63, 3.8) is 0 Å². The average molecular weight is 382 g/mol. The van der Waals surface area contributed by atoms with Crippen molar-refractivity contribution in [2.75, 3.05) is 11.1 Å². The number of azo groups is 1. The average Bonchev–Trinajstić information content (AvgIpc) is 2.74. The van der Waals surface area contributed by atoms with Gasteiger partial charge in [-0.2, -0.15) is 5.11 Å². The summed E-state index contributed by atoms with van der Waals surface area (Å²) in [4.78, 5) is 12.3. The molecule has 4 aromatic rings. The van der Waals surface area contributed by atoms with Gasteiger partial charge in [-0.1, -0.05) is 36.4 Å². The van der Waals surface area contributed by atoms with Crippen molar-refractivity contribution < 1.29 is 9.90 Å². The first-order chi connectivity index (χ1) is 14.1.